The highest BCUT2D eigenvalue weighted by Crippen LogP contribution is 2.30. The number of hydrogen-bond acceptors (Lipinski definition) is 3. The van der Waals surface area contributed by atoms with Gasteiger partial charge < -0.3 is 5.32 Å². The fraction of sp³-hybridized carbons (Fsp3) is 0.765. The van der Waals surface area contributed by atoms with Crippen molar-refractivity contribution >= 4 is 11.3 Å². The standard InChI is InChI=1S/C17H30N2S/c1-4-14-6-8-15(9-7-14)19(3)13-17-11-10-16(20-17)12-18-5-2/h10-11,14-15,18H,4-9,12-13H2,1-3H3. The number of hydrogen-bond donors (Lipinski definition) is 1. The van der Waals surface area contributed by atoms with Crippen LogP contribution in [0, 0.1) is 5.92 Å². The predicted octanol–water partition coefficient (Wildman–Crippen LogP) is 4.26. The van der Waals surface area contributed by atoms with Crippen molar-refractivity contribution in [1.82, 2.24) is 10.2 Å². The minimum absolute atomic E-state index is 0.803. The van der Waals surface area contributed by atoms with Crippen LogP contribution in [-0.4, -0.2) is 24.5 Å². The summed E-state index contributed by atoms with van der Waals surface area (Å²) in [4.78, 5) is 5.55. The van der Waals surface area contributed by atoms with Crippen LogP contribution >= 0.6 is 11.3 Å². The van der Waals surface area contributed by atoms with E-state index in [4.69, 9.17) is 0 Å². The highest BCUT2D eigenvalue weighted by Gasteiger charge is 2.23. The van der Waals surface area contributed by atoms with Gasteiger partial charge in [-0.3, -0.25) is 4.90 Å². The smallest absolute Gasteiger partial charge is 0.0327 e. The lowest BCUT2D eigenvalue weighted by atomic mass is 9.84. The van der Waals surface area contributed by atoms with Gasteiger partial charge in [0.25, 0.3) is 0 Å². The van der Waals surface area contributed by atoms with Gasteiger partial charge in [-0.2, -0.15) is 0 Å². The van der Waals surface area contributed by atoms with Gasteiger partial charge in [-0.25, -0.2) is 0 Å². The molecule has 0 saturated heterocycles. The highest BCUT2D eigenvalue weighted by molar-refractivity contribution is 7.11. The second-order valence-electron chi connectivity index (χ2n) is 6.15. The molecule has 0 radical (unpaired) electrons. The lowest BCUT2D eigenvalue weighted by Crippen LogP contribution is -2.34. The summed E-state index contributed by atoms with van der Waals surface area (Å²) in [5, 5.41) is 3.40. The van der Waals surface area contributed by atoms with E-state index in [0.717, 1.165) is 31.6 Å². The molecule has 0 aliphatic heterocycles. The molecule has 0 spiro atoms. The van der Waals surface area contributed by atoms with Crippen molar-refractivity contribution < 1.29 is 0 Å². The Morgan fingerprint density at radius 1 is 1.15 bits per heavy atom. The van der Waals surface area contributed by atoms with Gasteiger partial charge in [-0.1, -0.05) is 20.3 Å². The van der Waals surface area contributed by atoms with Gasteiger partial charge >= 0.3 is 0 Å². The summed E-state index contributed by atoms with van der Waals surface area (Å²) in [6.45, 7) is 7.69. The van der Waals surface area contributed by atoms with Crippen molar-refractivity contribution in [2.24, 2.45) is 5.92 Å². The molecule has 2 nitrogen and oxygen atoms in total. The molecule has 1 aromatic rings. The highest BCUT2D eigenvalue weighted by atomic mass is 32.1. The van der Waals surface area contributed by atoms with Gasteiger partial charge in [0, 0.05) is 28.9 Å². The first-order chi connectivity index (χ1) is 9.72. The second-order valence-corrected chi connectivity index (χ2v) is 7.40. The van der Waals surface area contributed by atoms with E-state index >= 15 is 0 Å². The molecule has 1 aromatic heterocycles. The molecule has 0 amide bonds. The maximum atomic E-state index is 3.40. The van der Waals surface area contributed by atoms with Gasteiger partial charge in [0.2, 0.25) is 0 Å². The minimum atomic E-state index is 0.803. The zero-order valence-electron chi connectivity index (χ0n) is 13.3. The van der Waals surface area contributed by atoms with Crippen molar-refractivity contribution in [3.05, 3.63) is 21.9 Å². The third-order valence-electron chi connectivity index (χ3n) is 4.69. The minimum Gasteiger partial charge on any atom is -0.312 e. The maximum Gasteiger partial charge on any atom is 0.0327 e. The van der Waals surface area contributed by atoms with E-state index in [-0.39, 0.29) is 0 Å². The van der Waals surface area contributed by atoms with Gasteiger partial charge in [-0.05, 0) is 57.3 Å². The molecule has 1 N–H and O–H groups in total. The Labute approximate surface area is 128 Å². The Morgan fingerprint density at radius 3 is 2.50 bits per heavy atom. The lowest BCUT2D eigenvalue weighted by molar-refractivity contribution is 0.158. The molecule has 0 bridgehead atoms. The molecule has 0 atom stereocenters. The third-order valence-corrected chi connectivity index (χ3v) is 5.76. The topological polar surface area (TPSA) is 15.3 Å². The SMILES string of the molecule is CCNCc1ccc(CN(C)C2CCC(CC)CC2)s1. The fourth-order valence-electron chi connectivity index (χ4n) is 3.22. The first-order valence-electron chi connectivity index (χ1n) is 8.21. The first kappa shape index (κ1) is 16.0. The monoisotopic (exact) mass is 294 g/mol. The summed E-state index contributed by atoms with van der Waals surface area (Å²) < 4.78 is 0. The van der Waals surface area contributed by atoms with Gasteiger partial charge in [0.05, 0.1) is 0 Å². The van der Waals surface area contributed by atoms with Gasteiger partial charge in [-0.15, -0.1) is 11.3 Å². The van der Waals surface area contributed by atoms with Crippen LogP contribution < -0.4 is 5.32 Å². The molecule has 1 aliphatic rings. The molecular formula is C17H30N2S. The van der Waals surface area contributed by atoms with E-state index in [1.54, 1.807) is 0 Å². The predicted molar refractivity (Wildman–Crippen MR) is 89.2 cm³/mol. The Hall–Kier alpha value is -0.380. The summed E-state index contributed by atoms with van der Waals surface area (Å²) in [5.41, 5.74) is 0. The zero-order valence-corrected chi connectivity index (χ0v) is 14.1. The number of nitrogens with one attached hydrogen (secondary N) is 1. The van der Waals surface area contributed by atoms with E-state index in [2.05, 4.69) is 43.2 Å². The number of nitrogens with zero attached hydrogens (tertiary/aromatic N) is 1. The van der Waals surface area contributed by atoms with Crippen LogP contribution in [0.1, 0.15) is 55.7 Å². The van der Waals surface area contributed by atoms with Crippen molar-refractivity contribution in [2.45, 2.75) is 65.1 Å². The summed E-state index contributed by atoms with van der Waals surface area (Å²) in [7, 11) is 2.31. The Bertz CT molecular complexity index is 380. The summed E-state index contributed by atoms with van der Waals surface area (Å²) >= 11 is 1.97. The summed E-state index contributed by atoms with van der Waals surface area (Å²) in [6, 6.07) is 5.40. The van der Waals surface area contributed by atoms with Crippen LogP contribution in [0.5, 0.6) is 0 Å². The molecule has 0 unspecified atom stereocenters. The summed E-state index contributed by atoms with van der Waals surface area (Å²) in [6.07, 6.45) is 7.02. The molecule has 2 rings (SSSR count). The molecule has 1 saturated carbocycles. The third kappa shape index (κ3) is 4.57. The molecule has 1 fully saturated rings. The van der Waals surface area contributed by atoms with Crippen molar-refractivity contribution in [2.75, 3.05) is 13.6 Å². The Balaban J connectivity index is 1.79. The normalized spacial score (nSPS) is 23.4. The van der Waals surface area contributed by atoms with E-state index in [1.165, 1.54) is 41.9 Å². The van der Waals surface area contributed by atoms with Crippen molar-refractivity contribution in [1.29, 1.82) is 0 Å². The van der Waals surface area contributed by atoms with Gasteiger partial charge in [0.15, 0.2) is 0 Å². The van der Waals surface area contributed by atoms with Crippen LogP contribution in [0.15, 0.2) is 12.1 Å². The van der Waals surface area contributed by atoms with Crippen LogP contribution in [0.25, 0.3) is 0 Å². The fourth-order valence-corrected chi connectivity index (χ4v) is 4.27. The molecule has 20 heavy (non-hydrogen) atoms. The van der Waals surface area contributed by atoms with Gasteiger partial charge in [0.1, 0.15) is 0 Å². The maximum absolute atomic E-state index is 3.40. The zero-order chi connectivity index (χ0) is 14.4. The summed E-state index contributed by atoms with van der Waals surface area (Å²) in [5.74, 6) is 0.994. The van der Waals surface area contributed by atoms with Crippen LogP contribution in [0.4, 0.5) is 0 Å². The second kappa shape index (κ2) is 8.16. The van der Waals surface area contributed by atoms with E-state index in [1.807, 2.05) is 11.3 Å². The number of rotatable bonds is 7. The van der Waals surface area contributed by atoms with Crippen molar-refractivity contribution in [3.8, 4) is 0 Å². The largest absolute Gasteiger partial charge is 0.312 e. The van der Waals surface area contributed by atoms with Crippen LogP contribution in [0.3, 0.4) is 0 Å². The van der Waals surface area contributed by atoms with E-state index in [0.29, 0.717) is 0 Å². The molecule has 1 aliphatic carbocycles. The van der Waals surface area contributed by atoms with E-state index in [9.17, 15) is 0 Å². The Morgan fingerprint density at radius 2 is 1.85 bits per heavy atom. The van der Waals surface area contributed by atoms with Crippen LogP contribution in [0.2, 0.25) is 0 Å². The number of thiophene rings is 1. The van der Waals surface area contributed by atoms with Crippen molar-refractivity contribution in [3.63, 3.8) is 0 Å². The molecule has 3 heteroatoms. The Kier molecular flexibility index (Phi) is 6.53. The molecule has 1 heterocycles. The lowest BCUT2D eigenvalue weighted by Gasteiger charge is -2.34. The van der Waals surface area contributed by atoms with E-state index < -0.39 is 0 Å². The molecule has 114 valence electrons. The molecular weight excluding hydrogens is 264 g/mol. The average molecular weight is 295 g/mol. The first-order valence-corrected chi connectivity index (χ1v) is 9.03. The quantitative estimate of drug-likeness (QED) is 0.808. The average Bonchev–Trinajstić information content (AvgIpc) is 2.92. The van der Waals surface area contributed by atoms with Crippen LogP contribution in [-0.2, 0) is 13.1 Å². The molecule has 0 aromatic carbocycles.